The van der Waals surface area contributed by atoms with Crippen LogP contribution in [0.3, 0.4) is 0 Å². The van der Waals surface area contributed by atoms with Crippen LogP contribution in [0.15, 0.2) is 0 Å². The molecule has 0 heterocycles. The zero-order valence-corrected chi connectivity index (χ0v) is 4.96. The van der Waals surface area contributed by atoms with E-state index in [0.29, 0.717) is 0 Å². The molecular formula is C3H8BNS. The van der Waals surface area contributed by atoms with Crippen molar-refractivity contribution >= 4 is 19.9 Å². The molecule has 0 aliphatic carbocycles. The number of hydrogen-bond donors (Lipinski definition) is 0. The molecule has 0 rings (SSSR count). The molecule has 0 spiro atoms. The van der Waals surface area contributed by atoms with Gasteiger partial charge in [-0.15, -0.1) is 0 Å². The minimum absolute atomic E-state index is 0.904. The predicted octanol–water partition coefficient (Wildman–Crippen LogP) is 0.670. The van der Waals surface area contributed by atoms with Gasteiger partial charge < -0.3 is 4.22 Å². The van der Waals surface area contributed by atoms with E-state index in [9.17, 15) is 0 Å². The van der Waals surface area contributed by atoms with Crippen molar-refractivity contribution < 1.29 is 0 Å². The summed E-state index contributed by atoms with van der Waals surface area (Å²) >= 11 is 1.54. The normalized spacial score (nSPS) is 9.83. The molecule has 0 aliphatic heterocycles. The molecule has 1 nitrogen and oxygen atoms in total. The van der Waals surface area contributed by atoms with Crippen LogP contribution < -0.4 is 0 Å². The summed E-state index contributed by atoms with van der Waals surface area (Å²) < 4.78 is 1.67. The third kappa shape index (κ3) is 2.60. The van der Waals surface area contributed by atoms with Crippen molar-refractivity contribution in [3.05, 3.63) is 0 Å². The number of hydrogen-bond acceptors (Lipinski definition) is 2. The van der Waals surface area contributed by atoms with E-state index < -0.39 is 0 Å². The lowest BCUT2D eigenvalue weighted by molar-refractivity contribution is 0.770. The van der Waals surface area contributed by atoms with Gasteiger partial charge in [0.15, 0.2) is 7.98 Å². The first kappa shape index (κ1) is 6.37. The van der Waals surface area contributed by atoms with Crippen LogP contribution in [0.5, 0.6) is 0 Å². The average molecular weight is 101 g/mol. The van der Waals surface area contributed by atoms with Crippen molar-refractivity contribution in [1.82, 2.24) is 4.22 Å². The van der Waals surface area contributed by atoms with Crippen molar-refractivity contribution in [2.24, 2.45) is 0 Å². The van der Waals surface area contributed by atoms with E-state index in [0.717, 1.165) is 6.54 Å². The maximum atomic E-state index is 5.27. The molecule has 2 radical (unpaired) electrons. The highest BCUT2D eigenvalue weighted by Crippen LogP contribution is 1.95. The summed E-state index contributed by atoms with van der Waals surface area (Å²) in [5.74, 6) is 0. The quantitative estimate of drug-likeness (QED) is 0.371. The maximum Gasteiger partial charge on any atom is 0.199 e. The summed E-state index contributed by atoms with van der Waals surface area (Å²) in [5, 5.41) is 0. The van der Waals surface area contributed by atoms with Crippen LogP contribution in [0, 0.1) is 0 Å². The Labute approximate surface area is 44.7 Å². The molecule has 0 unspecified atom stereocenters. The largest absolute Gasteiger partial charge is 0.304 e. The molecule has 0 amide bonds. The predicted molar refractivity (Wildman–Crippen MR) is 31.6 cm³/mol. The van der Waals surface area contributed by atoms with Crippen LogP contribution >= 0.6 is 11.9 Å². The molecule has 0 atom stereocenters. The average Bonchev–Trinajstić information content (AvgIpc) is 1.65. The molecule has 3 heteroatoms. The van der Waals surface area contributed by atoms with Gasteiger partial charge in [-0.05, 0) is 12.8 Å². The van der Waals surface area contributed by atoms with Gasteiger partial charge in [-0.25, -0.2) is 0 Å². The van der Waals surface area contributed by atoms with Crippen LogP contribution in [-0.4, -0.2) is 25.0 Å². The van der Waals surface area contributed by atoms with Gasteiger partial charge in [0.05, 0.1) is 0 Å². The second-order valence-corrected chi connectivity index (χ2v) is 1.75. The summed E-state index contributed by atoms with van der Waals surface area (Å²) in [6, 6.07) is 0. The maximum absolute atomic E-state index is 5.27. The van der Waals surface area contributed by atoms with Gasteiger partial charge in [-0.3, -0.25) is 0 Å². The molecule has 0 fully saturated rings. The van der Waals surface area contributed by atoms with Gasteiger partial charge in [-0.1, -0.05) is 18.9 Å². The van der Waals surface area contributed by atoms with Crippen LogP contribution in [0.25, 0.3) is 0 Å². The summed E-state index contributed by atoms with van der Waals surface area (Å²) in [5.41, 5.74) is 0. The fourth-order valence-electron chi connectivity index (χ4n) is 0.129. The monoisotopic (exact) mass is 101 g/mol. The molecule has 0 saturated carbocycles. The van der Waals surface area contributed by atoms with Crippen molar-refractivity contribution in [3.63, 3.8) is 0 Å². The van der Waals surface area contributed by atoms with Gasteiger partial charge in [0.25, 0.3) is 0 Å². The van der Waals surface area contributed by atoms with E-state index >= 15 is 0 Å². The Morgan fingerprint density at radius 1 is 1.83 bits per heavy atom. The van der Waals surface area contributed by atoms with Crippen molar-refractivity contribution in [2.45, 2.75) is 6.92 Å². The van der Waals surface area contributed by atoms with Gasteiger partial charge in [0, 0.05) is 0 Å². The molecule has 0 aromatic carbocycles. The first-order valence-corrected chi connectivity index (χ1v) is 3.05. The highest BCUT2D eigenvalue weighted by molar-refractivity contribution is 7.97. The lowest BCUT2D eigenvalue weighted by atomic mass is 10.4. The fourth-order valence-corrected chi connectivity index (χ4v) is 0.387. The third-order valence-corrected chi connectivity index (χ3v) is 1.27. The smallest absolute Gasteiger partial charge is 0.199 e. The van der Waals surface area contributed by atoms with Crippen molar-refractivity contribution in [3.8, 4) is 0 Å². The molecule has 0 saturated heterocycles. The first-order valence-electron chi connectivity index (χ1n) is 1.87. The van der Waals surface area contributed by atoms with Gasteiger partial charge >= 0.3 is 0 Å². The lowest BCUT2D eigenvalue weighted by Crippen LogP contribution is -2.07. The summed E-state index contributed by atoms with van der Waals surface area (Å²) in [6.07, 6.45) is 1.95. The van der Waals surface area contributed by atoms with E-state index in [1.807, 2.05) is 13.2 Å². The van der Waals surface area contributed by atoms with Crippen molar-refractivity contribution in [1.29, 1.82) is 0 Å². The Balaban J connectivity index is 2.75. The number of nitrogens with zero attached hydrogens (tertiary/aromatic N) is 1. The first-order chi connectivity index (χ1) is 2.81. The second kappa shape index (κ2) is 3.56. The molecular weight excluding hydrogens is 92.9 g/mol. The third-order valence-electron chi connectivity index (χ3n) is 0.546. The van der Waals surface area contributed by atoms with Crippen LogP contribution in [0.4, 0.5) is 0 Å². The van der Waals surface area contributed by atoms with E-state index in [1.165, 1.54) is 11.9 Å². The lowest BCUT2D eigenvalue weighted by Gasteiger charge is -2.06. The Hall–Kier alpha value is 0.375. The number of rotatable bonds is 2. The summed E-state index contributed by atoms with van der Waals surface area (Å²) in [6.45, 7) is 2.91. The molecule has 6 heavy (non-hydrogen) atoms. The SMILES string of the molecule is [B]N(CC)SC. The van der Waals surface area contributed by atoms with Crippen LogP contribution in [-0.2, 0) is 0 Å². The fraction of sp³-hybridized carbons (Fsp3) is 1.00. The highest BCUT2D eigenvalue weighted by Gasteiger charge is 1.82. The van der Waals surface area contributed by atoms with Gasteiger partial charge in [-0.2, -0.15) is 0 Å². The molecule has 0 aromatic rings. The Kier molecular flexibility index (Phi) is 3.78. The molecule has 0 aromatic heterocycles. The van der Waals surface area contributed by atoms with Gasteiger partial charge in [0.1, 0.15) is 0 Å². The van der Waals surface area contributed by atoms with E-state index in [1.54, 1.807) is 4.22 Å². The van der Waals surface area contributed by atoms with E-state index in [2.05, 4.69) is 0 Å². The minimum atomic E-state index is 0.904. The minimum Gasteiger partial charge on any atom is -0.304 e. The molecule has 0 N–H and O–H groups in total. The second-order valence-electron chi connectivity index (χ2n) is 0.916. The Bertz CT molecular complexity index is 30.0. The van der Waals surface area contributed by atoms with Crippen molar-refractivity contribution in [2.75, 3.05) is 12.8 Å². The Morgan fingerprint density at radius 3 is 2.33 bits per heavy atom. The topological polar surface area (TPSA) is 3.24 Å². The standard InChI is InChI=1S/C3H8BNS/c1-3-5(4)6-2/h3H2,1-2H3. The highest BCUT2D eigenvalue weighted by atomic mass is 32.2. The van der Waals surface area contributed by atoms with Gasteiger partial charge in [0.2, 0.25) is 0 Å². The summed E-state index contributed by atoms with van der Waals surface area (Å²) in [4.78, 5) is 0. The van der Waals surface area contributed by atoms with Crippen LogP contribution in [0.1, 0.15) is 6.92 Å². The van der Waals surface area contributed by atoms with E-state index in [4.69, 9.17) is 7.98 Å². The molecule has 0 aliphatic rings. The zero-order chi connectivity index (χ0) is 4.99. The molecule has 0 bridgehead atoms. The summed E-state index contributed by atoms with van der Waals surface area (Å²) in [7, 11) is 5.27. The van der Waals surface area contributed by atoms with E-state index in [-0.39, 0.29) is 0 Å². The Morgan fingerprint density at radius 2 is 2.33 bits per heavy atom. The molecule has 34 valence electrons. The van der Waals surface area contributed by atoms with Crippen LogP contribution in [0.2, 0.25) is 0 Å². The zero-order valence-electron chi connectivity index (χ0n) is 4.14.